The number of aryl methyl sites for hydroxylation is 1. The summed E-state index contributed by atoms with van der Waals surface area (Å²) in [6.45, 7) is 3.76. The zero-order chi connectivity index (χ0) is 14.4. The SMILES string of the molecule is CCc1nc(Cl)nc(NCCNC(C)=O)c1[N+](=O)[O-]. The predicted molar refractivity (Wildman–Crippen MR) is 70.2 cm³/mol. The first-order chi connectivity index (χ1) is 8.95. The largest absolute Gasteiger partial charge is 0.362 e. The molecule has 9 heteroatoms. The van der Waals surface area contributed by atoms with E-state index in [1.807, 2.05) is 0 Å². The molecule has 0 aliphatic rings. The van der Waals surface area contributed by atoms with Gasteiger partial charge in [0, 0.05) is 20.0 Å². The first kappa shape index (κ1) is 15.1. The highest BCUT2D eigenvalue weighted by Crippen LogP contribution is 2.27. The van der Waals surface area contributed by atoms with Gasteiger partial charge in [-0.2, -0.15) is 4.98 Å². The first-order valence-electron chi connectivity index (χ1n) is 5.64. The Labute approximate surface area is 114 Å². The maximum atomic E-state index is 11.0. The van der Waals surface area contributed by atoms with Crippen molar-refractivity contribution in [3.05, 3.63) is 21.1 Å². The van der Waals surface area contributed by atoms with Gasteiger partial charge in [-0.05, 0) is 18.0 Å². The summed E-state index contributed by atoms with van der Waals surface area (Å²) in [6.07, 6.45) is 0.374. The van der Waals surface area contributed by atoms with E-state index in [1.165, 1.54) is 6.92 Å². The number of nitrogens with one attached hydrogen (secondary N) is 2. The number of carbonyl (C=O) groups is 1. The minimum atomic E-state index is -0.546. The first-order valence-corrected chi connectivity index (χ1v) is 6.02. The van der Waals surface area contributed by atoms with Crippen LogP contribution in [0.15, 0.2) is 0 Å². The molecular formula is C10H14ClN5O3. The second-order valence-corrected chi connectivity index (χ2v) is 4.00. The average molecular weight is 288 g/mol. The van der Waals surface area contributed by atoms with Crippen molar-refractivity contribution >= 4 is 29.0 Å². The molecular weight excluding hydrogens is 274 g/mol. The van der Waals surface area contributed by atoms with E-state index in [0.29, 0.717) is 19.5 Å². The third-order valence-corrected chi connectivity index (χ3v) is 2.41. The van der Waals surface area contributed by atoms with Crippen LogP contribution in [0.5, 0.6) is 0 Å². The molecule has 8 nitrogen and oxygen atoms in total. The fraction of sp³-hybridized carbons (Fsp3) is 0.500. The predicted octanol–water partition coefficient (Wildman–Crippen LogP) is 1.15. The highest BCUT2D eigenvalue weighted by molar-refractivity contribution is 6.28. The van der Waals surface area contributed by atoms with E-state index in [0.717, 1.165) is 0 Å². The van der Waals surface area contributed by atoms with Crippen LogP contribution in [-0.4, -0.2) is 33.9 Å². The molecule has 1 rings (SSSR count). The summed E-state index contributed by atoms with van der Waals surface area (Å²) in [5.41, 5.74) is 0.0850. The Bertz CT molecular complexity index is 494. The van der Waals surface area contributed by atoms with Crippen LogP contribution in [-0.2, 0) is 11.2 Å². The summed E-state index contributed by atoms with van der Waals surface area (Å²) in [7, 11) is 0. The number of anilines is 1. The zero-order valence-electron chi connectivity index (χ0n) is 10.6. The fourth-order valence-corrected chi connectivity index (χ4v) is 1.64. The summed E-state index contributed by atoms with van der Waals surface area (Å²) < 4.78 is 0. The van der Waals surface area contributed by atoms with Gasteiger partial charge in [-0.25, -0.2) is 4.98 Å². The molecule has 0 spiro atoms. The van der Waals surface area contributed by atoms with E-state index in [2.05, 4.69) is 20.6 Å². The smallest absolute Gasteiger partial charge is 0.332 e. The lowest BCUT2D eigenvalue weighted by atomic mass is 10.2. The molecule has 0 aliphatic carbocycles. The van der Waals surface area contributed by atoms with Crippen molar-refractivity contribution in [1.29, 1.82) is 0 Å². The Hall–Kier alpha value is -1.96. The lowest BCUT2D eigenvalue weighted by Crippen LogP contribution is -2.26. The van der Waals surface area contributed by atoms with Gasteiger partial charge in [0.15, 0.2) is 0 Å². The Balaban J connectivity index is 2.89. The van der Waals surface area contributed by atoms with Crippen LogP contribution in [0.2, 0.25) is 5.28 Å². The van der Waals surface area contributed by atoms with E-state index in [1.54, 1.807) is 6.92 Å². The van der Waals surface area contributed by atoms with Crippen molar-refractivity contribution < 1.29 is 9.72 Å². The molecule has 0 radical (unpaired) electrons. The molecule has 104 valence electrons. The molecule has 0 saturated carbocycles. The normalized spacial score (nSPS) is 10.1. The number of carbonyl (C=O) groups excluding carboxylic acids is 1. The highest BCUT2D eigenvalue weighted by atomic mass is 35.5. The summed E-state index contributed by atoms with van der Waals surface area (Å²) in [5, 5.41) is 16.3. The van der Waals surface area contributed by atoms with Crippen LogP contribution in [0.1, 0.15) is 19.5 Å². The number of halogens is 1. The molecule has 1 amide bonds. The van der Waals surface area contributed by atoms with Crippen molar-refractivity contribution in [2.45, 2.75) is 20.3 Å². The number of rotatable bonds is 6. The van der Waals surface area contributed by atoms with Crippen molar-refractivity contribution in [3.8, 4) is 0 Å². The minimum absolute atomic E-state index is 0.0514. The Morgan fingerprint density at radius 1 is 1.42 bits per heavy atom. The Kier molecular flexibility index (Phi) is 5.43. The van der Waals surface area contributed by atoms with Crippen molar-refractivity contribution in [1.82, 2.24) is 15.3 Å². The topological polar surface area (TPSA) is 110 Å². The summed E-state index contributed by atoms with van der Waals surface area (Å²) in [4.78, 5) is 28.8. The van der Waals surface area contributed by atoms with Crippen LogP contribution in [0.4, 0.5) is 11.5 Å². The monoisotopic (exact) mass is 287 g/mol. The highest BCUT2D eigenvalue weighted by Gasteiger charge is 2.22. The van der Waals surface area contributed by atoms with Crippen LogP contribution < -0.4 is 10.6 Å². The summed E-state index contributed by atoms with van der Waals surface area (Å²) in [5.74, 6) is -0.113. The number of nitrogens with zero attached hydrogens (tertiary/aromatic N) is 3. The molecule has 0 unspecified atom stereocenters. The lowest BCUT2D eigenvalue weighted by molar-refractivity contribution is -0.385. The van der Waals surface area contributed by atoms with Crippen molar-refractivity contribution in [2.24, 2.45) is 0 Å². The van der Waals surface area contributed by atoms with E-state index in [-0.39, 0.29) is 28.4 Å². The van der Waals surface area contributed by atoms with Gasteiger partial charge < -0.3 is 10.6 Å². The Morgan fingerprint density at radius 2 is 2.11 bits per heavy atom. The van der Waals surface area contributed by atoms with E-state index in [9.17, 15) is 14.9 Å². The molecule has 19 heavy (non-hydrogen) atoms. The second kappa shape index (κ2) is 6.83. The fourth-order valence-electron chi connectivity index (χ4n) is 1.45. The van der Waals surface area contributed by atoms with Crippen LogP contribution in [0.3, 0.4) is 0 Å². The van der Waals surface area contributed by atoms with Gasteiger partial charge in [0.2, 0.25) is 17.0 Å². The van der Waals surface area contributed by atoms with Crippen LogP contribution in [0.25, 0.3) is 0 Å². The molecule has 1 aromatic rings. The molecule has 0 saturated heterocycles. The van der Waals surface area contributed by atoms with Gasteiger partial charge in [-0.15, -0.1) is 0 Å². The van der Waals surface area contributed by atoms with Gasteiger partial charge in [0.05, 0.1) is 4.92 Å². The summed E-state index contributed by atoms with van der Waals surface area (Å²) >= 11 is 5.71. The van der Waals surface area contributed by atoms with Gasteiger partial charge >= 0.3 is 5.69 Å². The van der Waals surface area contributed by atoms with Crippen molar-refractivity contribution in [2.75, 3.05) is 18.4 Å². The maximum Gasteiger partial charge on any atom is 0.332 e. The Morgan fingerprint density at radius 3 is 2.63 bits per heavy atom. The zero-order valence-corrected chi connectivity index (χ0v) is 11.3. The number of nitro groups is 1. The maximum absolute atomic E-state index is 11.0. The standard InChI is InChI=1S/C10H14ClN5O3/c1-3-7-8(16(18)19)9(15-10(11)14-7)13-5-4-12-6(2)17/h3-5H2,1-2H3,(H,12,17)(H,13,14,15). The summed E-state index contributed by atoms with van der Waals surface area (Å²) in [6, 6.07) is 0. The van der Waals surface area contributed by atoms with E-state index in [4.69, 9.17) is 11.6 Å². The van der Waals surface area contributed by atoms with E-state index < -0.39 is 4.92 Å². The molecule has 1 aromatic heterocycles. The third-order valence-electron chi connectivity index (χ3n) is 2.24. The number of hydrogen-bond acceptors (Lipinski definition) is 6. The second-order valence-electron chi connectivity index (χ2n) is 3.66. The van der Waals surface area contributed by atoms with Crippen LogP contribution >= 0.6 is 11.6 Å². The molecule has 1 heterocycles. The average Bonchev–Trinajstić information content (AvgIpc) is 2.33. The molecule has 0 atom stereocenters. The molecule has 0 bridgehead atoms. The van der Waals surface area contributed by atoms with Gasteiger partial charge in [-0.1, -0.05) is 6.92 Å². The molecule has 0 aliphatic heterocycles. The third kappa shape index (κ3) is 4.32. The minimum Gasteiger partial charge on any atom is -0.362 e. The van der Waals surface area contributed by atoms with Crippen LogP contribution in [0, 0.1) is 10.1 Å². The lowest BCUT2D eigenvalue weighted by Gasteiger charge is -2.08. The van der Waals surface area contributed by atoms with E-state index >= 15 is 0 Å². The number of amides is 1. The molecule has 0 fully saturated rings. The van der Waals surface area contributed by atoms with Crippen molar-refractivity contribution in [3.63, 3.8) is 0 Å². The molecule has 2 N–H and O–H groups in total. The number of aromatic nitrogens is 2. The van der Waals surface area contributed by atoms with Gasteiger partial charge in [0.25, 0.3) is 0 Å². The molecule has 0 aromatic carbocycles. The quantitative estimate of drug-likeness (QED) is 0.351. The van der Waals surface area contributed by atoms with Gasteiger partial charge in [0.1, 0.15) is 5.69 Å². The van der Waals surface area contributed by atoms with Gasteiger partial charge in [-0.3, -0.25) is 14.9 Å². The number of hydrogen-bond donors (Lipinski definition) is 2.